The minimum Gasteiger partial charge on any atom is -0.366 e. The Morgan fingerprint density at radius 3 is 2.74 bits per heavy atom. The van der Waals surface area contributed by atoms with E-state index in [9.17, 15) is 0 Å². The van der Waals surface area contributed by atoms with Gasteiger partial charge in [-0.1, -0.05) is 6.07 Å². The molecule has 2 N–H and O–H groups in total. The van der Waals surface area contributed by atoms with Crippen molar-refractivity contribution in [2.45, 2.75) is 26.9 Å². The fourth-order valence-electron chi connectivity index (χ4n) is 2.08. The highest BCUT2D eigenvalue weighted by Crippen LogP contribution is 2.22. The summed E-state index contributed by atoms with van der Waals surface area (Å²) in [6, 6.07) is 8.08. The van der Waals surface area contributed by atoms with Crippen molar-refractivity contribution in [3.8, 4) is 0 Å². The molecule has 4 heteroatoms. The third-order valence-electron chi connectivity index (χ3n) is 3.12. The molecule has 0 aliphatic heterocycles. The van der Waals surface area contributed by atoms with Crippen LogP contribution in [0.25, 0.3) is 0 Å². The van der Waals surface area contributed by atoms with Crippen LogP contribution in [0, 0.1) is 6.92 Å². The molecule has 19 heavy (non-hydrogen) atoms. The Labute approximate surface area is 114 Å². The minimum absolute atomic E-state index is 0.501. The smallest absolute Gasteiger partial charge is 0.0602 e. The van der Waals surface area contributed by atoms with Gasteiger partial charge in [-0.05, 0) is 32.0 Å². The van der Waals surface area contributed by atoms with Crippen LogP contribution in [0.5, 0.6) is 0 Å². The SMILES string of the molecule is CCN(Cc1ccccn1)c1cc(C)ncc1CN. The standard InChI is InChI=1S/C15H20N4/c1-3-19(11-14-6-4-5-7-17-14)15-8-12(2)18-10-13(15)9-16/h4-8,10H,3,9,11,16H2,1-2H3. The molecule has 0 amide bonds. The molecule has 0 radical (unpaired) electrons. The fraction of sp³-hybridized carbons (Fsp3) is 0.333. The van der Waals surface area contributed by atoms with Gasteiger partial charge in [0.1, 0.15) is 0 Å². The van der Waals surface area contributed by atoms with Crippen LogP contribution < -0.4 is 10.6 Å². The van der Waals surface area contributed by atoms with Crippen molar-refractivity contribution in [3.63, 3.8) is 0 Å². The quantitative estimate of drug-likeness (QED) is 0.891. The second-order valence-electron chi connectivity index (χ2n) is 4.49. The molecule has 100 valence electrons. The molecule has 0 unspecified atom stereocenters. The number of aryl methyl sites for hydroxylation is 1. The summed E-state index contributed by atoms with van der Waals surface area (Å²) < 4.78 is 0. The Kier molecular flexibility index (Phi) is 4.47. The van der Waals surface area contributed by atoms with Crippen LogP contribution in [0.15, 0.2) is 36.7 Å². The molecule has 2 aromatic heterocycles. The summed E-state index contributed by atoms with van der Waals surface area (Å²) in [7, 11) is 0. The third-order valence-corrected chi connectivity index (χ3v) is 3.12. The average molecular weight is 256 g/mol. The monoisotopic (exact) mass is 256 g/mol. The van der Waals surface area contributed by atoms with E-state index in [-0.39, 0.29) is 0 Å². The van der Waals surface area contributed by atoms with E-state index < -0.39 is 0 Å². The number of hydrogen-bond donors (Lipinski definition) is 1. The molecule has 0 fully saturated rings. The number of rotatable bonds is 5. The molecule has 2 aromatic rings. The summed E-state index contributed by atoms with van der Waals surface area (Å²) in [5, 5.41) is 0. The highest BCUT2D eigenvalue weighted by atomic mass is 15.1. The normalized spacial score (nSPS) is 10.5. The number of nitrogens with two attached hydrogens (primary N) is 1. The molecule has 0 spiro atoms. The predicted octanol–water partition coefficient (Wildman–Crippen LogP) is 2.27. The molecular weight excluding hydrogens is 236 g/mol. The van der Waals surface area contributed by atoms with E-state index in [0.717, 1.165) is 35.7 Å². The first-order valence-corrected chi connectivity index (χ1v) is 6.55. The van der Waals surface area contributed by atoms with E-state index in [1.165, 1.54) is 0 Å². The van der Waals surface area contributed by atoms with Crippen LogP contribution in [0.2, 0.25) is 0 Å². The van der Waals surface area contributed by atoms with E-state index in [2.05, 4.69) is 27.9 Å². The molecule has 0 aliphatic rings. The topological polar surface area (TPSA) is 55.0 Å². The molecular formula is C15H20N4. The van der Waals surface area contributed by atoms with Gasteiger partial charge >= 0.3 is 0 Å². The van der Waals surface area contributed by atoms with E-state index in [4.69, 9.17) is 5.73 Å². The van der Waals surface area contributed by atoms with Crippen molar-refractivity contribution >= 4 is 5.69 Å². The summed E-state index contributed by atoms with van der Waals surface area (Å²) in [6.45, 7) is 6.33. The fourth-order valence-corrected chi connectivity index (χ4v) is 2.08. The molecule has 0 bridgehead atoms. The first-order chi connectivity index (χ1) is 9.24. The van der Waals surface area contributed by atoms with Crippen molar-refractivity contribution in [1.82, 2.24) is 9.97 Å². The van der Waals surface area contributed by atoms with Crippen LogP contribution in [0.3, 0.4) is 0 Å². The van der Waals surface area contributed by atoms with E-state index in [1.807, 2.05) is 37.5 Å². The summed E-state index contributed by atoms with van der Waals surface area (Å²) in [5.41, 5.74) is 10.1. The Morgan fingerprint density at radius 2 is 2.11 bits per heavy atom. The molecule has 0 saturated heterocycles. The van der Waals surface area contributed by atoms with Crippen LogP contribution in [0.4, 0.5) is 5.69 Å². The van der Waals surface area contributed by atoms with Crippen LogP contribution >= 0.6 is 0 Å². The lowest BCUT2D eigenvalue weighted by molar-refractivity contribution is 0.798. The number of aromatic nitrogens is 2. The van der Waals surface area contributed by atoms with Gasteiger partial charge in [-0.3, -0.25) is 9.97 Å². The summed E-state index contributed by atoms with van der Waals surface area (Å²) in [4.78, 5) is 11.0. The second kappa shape index (κ2) is 6.29. The third kappa shape index (κ3) is 3.29. The summed E-state index contributed by atoms with van der Waals surface area (Å²) in [5.74, 6) is 0. The van der Waals surface area contributed by atoms with Crippen LogP contribution in [-0.4, -0.2) is 16.5 Å². The van der Waals surface area contributed by atoms with Gasteiger partial charge in [0.05, 0.1) is 12.2 Å². The van der Waals surface area contributed by atoms with Crippen molar-refractivity contribution < 1.29 is 0 Å². The van der Waals surface area contributed by atoms with Gasteiger partial charge in [-0.25, -0.2) is 0 Å². The van der Waals surface area contributed by atoms with Crippen molar-refractivity contribution in [3.05, 3.63) is 53.6 Å². The van der Waals surface area contributed by atoms with Gasteiger partial charge in [-0.15, -0.1) is 0 Å². The first-order valence-electron chi connectivity index (χ1n) is 6.55. The van der Waals surface area contributed by atoms with Crippen LogP contribution in [-0.2, 0) is 13.1 Å². The Hall–Kier alpha value is -1.94. The lowest BCUT2D eigenvalue weighted by atomic mass is 10.1. The van der Waals surface area contributed by atoms with Gasteiger partial charge < -0.3 is 10.6 Å². The van der Waals surface area contributed by atoms with Crippen molar-refractivity contribution in [1.29, 1.82) is 0 Å². The Morgan fingerprint density at radius 1 is 1.26 bits per heavy atom. The number of hydrogen-bond acceptors (Lipinski definition) is 4. The molecule has 0 atom stereocenters. The number of pyridine rings is 2. The average Bonchev–Trinajstić information content (AvgIpc) is 2.46. The van der Waals surface area contributed by atoms with E-state index in [1.54, 1.807) is 0 Å². The van der Waals surface area contributed by atoms with E-state index in [0.29, 0.717) is 6.54 Å². The van der Waals surface area contributed by atoms with Gasteiger partial charge in [0.15, 0.2) is 0 Å². The maximum Gasteiger partial charge on any atom is 0.0602 e. The molecule has 2 rings (SSSR count). The van der Waals surface area contributed by atoms with Gasteiger partial charge in [-0.2, -0.15) is 0 Å². The van der Waals surface area contributed by atoms with Crippen LogP contribution in [0.1, 0.15) is 23.9 Å². The molecule has 0 saturated carbocycles. The maximum atomic E-state index is 5.80. The zero-order valence-electron chi connectivity index (χ0n) is 11.5. The maximum absolute atomic E-state index is 5.80. The number of nitrogens with zero attached hydrogens (tertiary/aromatic N) is 3. The highest BCUT2D eigenvalue weighted by molar-refractivity contribution is 5.53. The van der Waals surface area contributed by atoms with E-state index >= 15 is 0 Å². The van der Waals surface area contributed by atoms with Gasteiger partial charge in [0, 0.05) is 42.4 Å². The largest absolute Gasteiger partial charge is 0.366 e. The zero-order chi connectivity index (χ0) is 13.7. The molecule has 4 nitrogen and oxygen atoms in total. The van der Waals surface area contributed by atoms with Gasteiger partial charge in [0.2, 0.25) is 0 Å². The molecule has 0 aliphatic carbocycles. The van der Waals surface area contributed by atoms with Crippen molar-refractivity contribution in [2.75, 3.05) is 11.4 Å². The number of anilines is 1. The second-order valence-corrected chi connectivity index (χ2v) is 4.49. The lowest BCUT2D eigenvalue weighted by Gasteiger charge is -2.25. The Bertz CT molecular complexity index is 525. The first kappa shape index (κ1) is 13.5. The summed E-state index contributed by atoms with van der Waals surface area (Å²) in [6.07, 6.45) is 3.69. The predicted molar refractivity (Wildman–Crippen MR) is 77.8 cm³/mol. The minimum atomic E-state index is 0.501. The zero-order valence-corrected chi connectivity index (χ0v) is 11.5. The Balaban J connectivity index is 2.29. The lowest BCUT2D eigenvalue weighted by Crippen LogP contribution is -2.24. The molecule has 0 aromatic carbocycles. The van der Waals surface area contributed by atoms with Gasteiger partial charge in [0.25, 0.3) is 0 Å². The van der Waals surface area contributed by atoms with Crippen molar-refractivity contribution in [2.24, 2.45) is 5.73 Å². The summed E-state index contributed by atoms with van der Waals surface area (Å²) >= 11 is 0. The molecule has 2 heterocycles. The highest BCUT2D eigenvalue weighted by Gasteiger charge is 2.11.